The van der Waals surface area contributed by atoms with E-state index in [1.165, 1.54) is 32.4 Å². The normalized spacial score (nSPS) is 30.0. The molecule has 0 aromatic heterocycles. The minimum absolute atomic E-state index is 0.267. The molecule has 2 aromatic rings. The van der Waals surface area contributed by atoms with E-state index in [9.17, 15) is 18.8 Å². The van der Waals surface area contributed by atoms with Gasteiger partial charge in [0.2, 0.25) is 17.7 Å². The number of imide groups is 1. The lowest BCUT2D eigenvalue weighted by Crippen LogP contribution is -2.54. The fourth-order valence-electron chi connectivity index (χ4n) is 6.39. The van der Waals surface area contributed by atoms with Gasteiger partial charge in [-0.1, -0.05) is 0 Å². The van der Waals surface area contributed by atoms with E-state index in [1.807, 2.05) is 4.90 Å². The van der Waals surface area contributed by atoms with Crippen LogP contribution >= 0.6 is 0 Å². The van der Waals surface area contributed by atoms with Crippen molar-refractivity contribution in [1.82, 2.24) is 4.90 Å². The third-order valence-corrected chi connectivity index (χ3v) is 7.58. The molecule has 1 spiro atoms. The second-order valence-corrected chi connectivity index (χ2v) is 8.87. The van der Waals surface area contributed by atoms with Gasteiger partial charge < -0.3 is 14.8 Å². The van der Waals surface area contributed by atoms with E-state index in [-0.39, 0.29) is 17.9 Å². The van der Waals surface area contributed by atoms with Crippen molar-refractivity contribution in [2.45, 2.75) is 24.4 Å². The van der Waals surface area contributed by atoms with Gasteiger partial charge in [0.05, 0.1) is 31.7 Å². The minimum Gasteiger partial charge on any atom is -0.493 e. The number of carbonyl (C=O) groups is 3. The summed E-state index contributed by atoms with van der Waals surface area (Å²) in [4.78, 5) is 44.3. The maximum Gasteiger partial charge on any atom is 0.250 e. The van der Waals surface area contributed by atoms with Crippen molar-refractivity contribution in [3.63, 3.8) is 0 Å². The van der Waals surface area contributed by atoms with E-state index in [4.69, 9.17) is 9.47 Å². The highest BCUT2D eigenvalue weighted by Crippen LogP contribution is 2.60. The van der Waals surface area contributed by atoms with Crippen LogP contribution < -0.4 is 19.7 Å². The zero-order valence-corrected chi connectivity index (χ0v) is 18.1. The number of benzene rings is 2. The number of fused-ring (bicyclic) bond motifs is 7. The lowest BCUT2D eigenvalue weighted by molar-refractivity contribution is -0.135. The number of amides is 3. The molecule has 33 heavy (non-hydrogen) atoms. The van der Waals surface area contributed by atoms with Gasteiger partial charge >= 0.3 is 0 Å². The maximum atomic E-state index is 14.3. The number of methoxy groups -OCH3 is 2. The van der Waals surface area contributed by atoms with Crippen LogP contribution in [0, 0.1) is 17.7 Å². The number of carbonyl (C=O) groups excluding carboxylic acids is 3. The Balaban J connectivity index is 1.52. The SMILES string of the molecule is COc1ccc(N2C(=O)C3C4CCCN4C4(C(=O)Nc5ccc(F)cc54)C3C2=O)cc1OC. The Morgan fingerprint density at radius 3 is 2.58 bits per heavy atom. The number of nitrogens with one attached hydrogen (secondary N) is 1. The molecule has 0 bridgehead atoms. The predicted octanol–water partition coefficient (Wildman–Crippen LogP) is 2.27. The van der Waals surface area contributed by atoms with Crippen LogP contribution in [0.5, 0.6) is 11.5 Å². The summed E-state index contributed by atoms with van der Waals surface area (Å²) in [5, 5.41) is 2.84. The number of halogens is 1. The van der Waals surface area contributed by atoms with Gasteiger partial charge in [-0.2, -0.15) is 0 Å². The van der Waals surface area contributed by atoms with Crippen LogP contribution in [-0.4, -0.2) is 49.4 Å². The number of ether oxygens (including phenoxy) is 2. The largest absolute Gasteiger partial charge is 0.493 e. The Kier molecular flexibility index (Phi) is 4.14. The van der Waals surface area contributed by atoms with Crippen molar-refractivity contribution < 1.29 is 28.2 Å². The summed E-state index contributed by atoms with van der Waals surface area (Å²) in [6.07, 6.45) is 1.49. The summed E-state index contributed by atoms with van der Waals surface area (Å²) in [7, 11) is 2.98. The Bertz CT molecular complexity index is 1230. The van der Waals surface area contributed by atoms with Crippen molar-refractivity contribution >= 4 is 29.1 Å². The molecule has 0 saturated carbocycles. The highest BCUT2D eigenvalue weighted by atomic mass is 19.1. The lowest BCUT2D eigenvalue weighted by Gasteiger charge is -2.36. The summed E-state index contributed by atoms with van der Waals surface area (Å²) in [5.74, 6) is -2.44. The molecule has 4 heterocycles. The predicted molar refractivity (Wildman–Crippen MR) is 115 cm³/mol. The van der Waals surface area contributed by atoms with Gasteiger partial charge in [-0.05, 0) is 49.7 Å². The Labute approximate surface area is 189 Å². The zero-order valence-electron chi connectivity index (χ0n) is 18.1. The number of hydrogen-bond acceptors (Lipinski definition) is 6. The van der Waals surface area contributed by atoms with E-state index in [0.717, 1.165) is 11.3 Å². The van der Waals surface area contributed by atoms with Gasteiger partial charge in [0.1, 0.15) is 11.4 Å². The highest BCUT2D eigenvalue weighted by Gasteiger charge is 2.74. The van der Waals surface area contributed by atoms with E-state index in [2.05, 4.69) is 5.32 Å². The summed E-state index contributed by atoms with van der Waals surface area (Å²) >= 11 is 0. The standard InChI is InChI=1S/C24H22FN3O5/c1-32-17-8-6-13(11-18(17)33-2)28-21(29)19-16-4-3-9-27(16)24(20(19)22(28)30)14-10-12(25)5-7-15(14)26-23(24)31/h5-8,10-11,16,19-20H,3-4,9H2,1-2H3,(H,26,31). The second-order valence-electron chi connectivity index (χ2n) is 8.87. The Hall–Kier alpha value is -3.46. The molecule has 4 aliphatic rings. The molecule has 3 fully saturated rings. The maximum absolute atomic E-state index is 14.3. The molecule has 9 heteroatoms. The summed E-state index contributed by atoms with van der Waals surface area (Å²) < 4.78 is 25.0. The molecule has 4 unspecified atom stereocenters. The summed E-state index contributed by atoms with van der Waals surface area (Å²) in [6.45, 7) is 0.567. The molecule has 4 atom stereocenters. The first-order chi connectivity index (χ1) is 15.9. The molecule has 3 saturated heterocycles. The first-order valence-corrected chi connectivity index (χ1v) is 10.9. The first-order valence-electron chi connectivity index (χ1n) is 10.9. The quantitative estimate of drug-likeness (QED) is 0.721. The van der Waals surface area contributed by atoms with Crippen LogP contribution in [0.3, 0.4) is 0 Å². The number of nitrogens with zero attached hydrogens (tertiary/aromatic N) is 2. The number of anilines is 2. The van der Waals surface area contributed by atoms with E-state index in [0.29, 0.717) is 41.4 Å². The molecule has 1 N–H and O–H groups in total. The van der Waals surface area contributed by atoms with Gasteiger partial charge in [-0.15, -0.1) is 0 Å². The number of rotatable bonds is 3. The van der Waals surface area contributed by atoms with Crippen LogP contribution in [0.2, 0.25) is 0 Å². The molecular formula is C24H22FN3O5. The average Bonchev–Trinajstić information content (AvgIpc) is 3.52. The third-order valence-electron chi connectivity index (χ3n) is 7.58. The molecule has 0 aliphatic carbocycles. The van der Waals surface area contributed by atoms with Crippen molar-refractivity contribution in [3.05, 3.63) is 47.8 Å². The zero-order chi connectivity index (χ0) is 23.1. The first kappa shape index (κ1) is 20.2. The van der Waals surface area contributed by atoms with Gasteiger partial charge in [-0.25, -0.2) is 9.29 Å². The molecule has 4 aliphatic heterocycles. The number of hydrogen-bond donors (Lipinski definition) is 1. The molecule has 170 valence electrons. The van der Waals surface area contributed by atoms with Gasteiger partial charge in [0, 0.05) is 23.4 Å². The van der Waals surface area contributed by atoms with E-state index >= 15 is 0 Å². The second kappa shape index (κ2) is 6.77. The smallest absolute Gasteiger partial charge is 0.250 e. The molecule has 2 aromatic carbocycles. The fourth-order valence-corrected chi connectivity index (χ4v) is 6.39. The van der Waals surface area contributed by atoms with E-state index in [1.54, 1.807) is 18.2 Å². The van der Waals surface area contributed by atoms with Crippen molar-refractivity contribution in [2.24, 2.45) is 11.8 Å². The highest BCUT2D eigenvalue weighted by molar-refractivity contribution is 6.26. The van der Waals surface area contributed by atoms with Crippen LogP contribution in [0.4, 0.5) is 15.8 Å². The Morgan fingerprint density at radius 2 is 1.82 bits per heavy atom. The van der Waals surface area contributed by atoms with Crippen molar-refractivity contribution in [2.75, 3.05) is 31.0 Å². The average molecular weight is 451 g/mol. The molecular weight excluding hydrogens is 429 g/mol. The van der Waals surface area contributed by atoms with Gasteiger partial charge in [0.25, 0.3) is 0 Å². The van der Waals surface area contributed by atoms with Crippen molar-refractivity contribution in [1.29, 1.82) is 0 Å². The third kappa shape index (κ3) is 2.35. The topological polar surface area (TPSA) is 88.2 Å². The van der Waals surface area contributed by atoms with Gasteiger partial charge in [0.15, 0.2) is 11.5 Å². The van der Waals surface area contributed by atoms with Crippen molar-refractivity contribution in [3.8, 4) is 11.5 Å². The minimum atomic E-state index is -1.40. The molecule has 8 nitrogen and oxygen atoms in total. The molecule has 3 amide bonds. The Morgan fingerprint density at radius 1 is 1.03 bits per heavy atom. The van der Waals surface area contributed by atoms with Crippen LogP contribution in [0.25, 0.3) is 0 Å². The lowest BCUT2D eigenvalue weighted by atomic mass is 9.75. The molecule has 0 radical (unpaired) electrons. The molecule has 6 rings (SSSR count). The fraction of sp³-hybridized carbons (Fsp3) is 0.375. The van der Waals surface area contributed by atoms with Crippen LogP contribution in [0.1, 0.15) is 18.4 Å². The monoisotopic (exact) mass is 451 g/mol. The summed E-state index contributed by atoms with van der Waals surface area (Å²) in [6, 6.07) is 8.69. The van der Waals surface area contributed by atoms with E-state index < -0.39 is 29.1 Å². The van der Waals surface area contributed by atoms with Crippen LogP contribution in [-0.2, 0) is 19.9 Å². The van der Waals surface area contributed by atoms with Gasteiger partial charge in [-0.3, -0.25) is 19.3 Å². The summed E-state index contributed by atoms with van der Waals surface area (Å²) in [5.41, 5.74) is -0.129. The van der Waals surface area contributed by atoms with Crippen LogP contribution in [0.15, 0.2) is 36.4 Å².